The number of nitrogens with zero attached hydrogens (tertiary/aromatic N) is 1. The molecule has 1 aliphatic heterocycles. The molecule has 1 N–H and O–H groups in total. The molecule has 158 valence electrons. The molecule has 4 atom stereocenters. The van der Waals surface area contributed by atoms with Gasteiger partial charge in [-0.2, -0.15) is 0 Å². The highest BCUT2D eigenvalue weighted by Crippen LogP contribution is 2.49. The number of Topliss-reactive ketones (excluding diaryl/α,β-unsaturated/α-hetero) is 1. The van der Waals surface area contributed by atoms with E-state index in [4.69, 9.17) is 0 Å². The highest BCUT2D eigenvalue weighted by atomic mass is 19.1. The lowest BCUT2D eigenvalue weighted by atomic mass is 9.84. The van der Waals surface area contributed by atoms with Crippen LogP contribution in [-0.2, 0) is 4.79 Å². The Kier molecular flexibility index (Phi) is 6.00. The number of piperidine rings is 1. The molecule has 4 unspecified atom stereocenters. The number of hydrogen-bond donors (Lipinski definition) is 1. The number of hydrogen-bond acceptors (Lipinski definition) is 3. The summed E-state index contributed by atoms with van der Waals surface area (Å²) in [7, 11) is 0. The Balaban J connectivity index is 1.24. The van der Waals surface area contributed by atoms with Crippen LogP contribution >= 0.6 is 0 Å². The first-order valence-corrected chi connectivity index (χ1v) is 10.9. The van der Waals surface area contributed by atoms with Crippen LogP contribution in [0.15, 0.2) is 18.2 Å². The molecule has 3 aliphatic rings. The first-order chi connectivity index (χ1) is 13.9. The van der Waals surface area contributed by atoms with Crippen molar-refractivity contribution in [3.63, 3.8) is 0 Å². The zero-order valence-electron chi connectivity index (χ0n) is 17.0. The fourth-order valence-corrected chi connectivity index (χ4v) is 5.78. The van der Waals surface area contributed by atoms with Crippen LogP contribution in [0, 0.1) is 35.3 Å². The number of carbonyl (C=O) groups is 2. The maximum absolute atomic E-state index is 13.9. The van der Waals surface area contributed by atoms with E-state index in [1.807, 2.05) is 0 Å². The van der Waals surface area contributed by atoms with E-state index in [9.17, 15) is 18.4 Å². The Morgan fingerprint density at radius 3 is 2.55 bits per heavy atom. The monoisotopic (exact) mass is 404 g/mol. The average molecular weight is 405 g/mol. The van der Waals surface area contributed by atoms with E-state index in [-0.39, 0.29) is 29.2 Å². The second kappa shape index (κ2) is 8.50. The van der Waals surface area contributed by atoms with Gasteiger partial charge >= 0.3 is 0 Å². The molecule has 1 amide bonds. The minimum absolute atomic E-state index is 0.0428. The lowest BCUT2D eigenvalue weighted by Crippen LogP contribution is -2.47. The zero-order chi connectivity index (χ0) is 20.5. The molecule has 3 fully saturated rings. The summed E-state index contributed by atoms with van der Waals surface area (Å²) in [5, 5.41) is 3.19. The van der Waals surface area contributed by atoms with Gasteiger partial charge in [0.1, 0.15) is 11.6 Å². The van der Waals surface area contributed by atoms with Gasteiger partial charge in [0.2, 0.25) is 5.91 Å². The number of benzene rings is 1. The van der Waals surface area contributed by atoms with Gasteiger partial charge < -0.3 is 5.32 Å². The maximum Gasteiger partial charge on any atom is 0.234 e. The standard InChI is InChI=1S/C23H30F2N2O2/c1-14(19-11-15-2-3-17(19)10-15)26-22(28)13-27-8-6-16(7-9-27)23(29)20-12-18(24)4-5-21(20)25/h4-5,12,14-17,19H,2-3,6-11,13H2,1H3,(H,26,28). The molecular formula is C23H30F2N2O2. The molecule has 1 aromatic rings. The first-order valence-electron chi connectivity index (χ1n) is 10.9. The normalized spacial score (nSPS) is 28.4. The average Bonchev–Trinajstić information content (AvgIpc) is 3.33. The Labute approximate surface area is 171 Å². The Hall–Kier alpha value is -1.82. The van der Waals surface area contributed by atoms with E-state index < -0.39 is 11.6 Å². The third-order valence-electron chi connectivity index (χ3n) is 7.34. The summed E-state index contributed by atoms with van der Waals surface area (Å²) in [5.41, 5.74) is -0.166. The molecule has 4 nitrogen and oxygen atoms in total. The van der Waals surface area contributed by atoms with E-state index in [0.717, 1.165) is 30.0 Å². The number of nitrogens with one attached hydrogen (secondary N) is 1. The van der Waals surface area contributed by atoms with E-state index in [1.54, 1.807) is 0 Å². The Morgan fingerprint density at radius 2 is 1.90 bits per heavy atom. The summed E-state index contributed by atoms with van der Waals surface area (Å²) in [4.78, 5) is 27.1. The summed E-state index contributed by atoms with van der Waals surface area (Å²) >= 11 is 0. The molecule has 4 rings (SSSR count). The van der Waals surface area contributed by atoms with Crippen molar-refractivity contribution >= 4 is 11.7 Å². The molecule has 6 heteroatoms. The van der Waals surface area contributed by atoms with E-state index in [1.165, 1.54) is 25.7 Å². The largest absolute Gasteiger partial charge is 0.352 e. The van der Waals surface area contributed by atoms with Crippen LogP contribution in [0.25, 0.3) is 0 Å². The topological polar surface area (TPSA) is 49.4 Å². The molecule has 2 bridgehead atoms. The number of ketones is 1. The van der Waals surface area contributed by atoms with Gasteiger partial charge in [0.15, 0.2) is 5.78 Å². The maximum atomic E-state index is 13.9. The van der Waals surface area contributed by atoms with Gasteiger partial charge in [-0.05, 0) is 88.1 Å². The minimum atomic E-state index is -0.673. The highest BCUT2D eigenvalue weighted by Gasteiger charge is 2.42. The third kappa shape index (κ3) is 4.52. The van der Waals surface area contributed by atoms with Crippen molar-refractivity contribution in [3.05, 3.63) is 35.4 Å². The number of fused-ring (bicyclic) bond motifs is 2. The number of amides is 1. The summed E-state index contributed by atoms with van der Waals surface area (Å²) in [6, 6.07) is 3.21. The predicted molar refractivity (Wildman–Crippen MR) is 106 cm³/mol. The third-order valence-corrected chi connectivity index (χ3v) is 7.34. The Morgan fingerprint density at radius 1 is 1.14 bits per heavy atom. The number of carbonyl (C=O) groups excluding carboxylic acids is 2. The van der Waals surface area contributed by atoms with Gasteiger partial charge in [-0.3, -0.25) is 14.5 Å². The van der Waals surface area contributed by atoms with Crippen molar-refractivity contribution in [1.29, 1.82) is 0 Å². The smallest absolute Gasteiger partial charge is 0.234 e. The van der Waals surface area contributed by atoms with E-state index in [0.29, 0.717) is 38.4 Å². The lowest BCUT2D eigenvalue weighted by Gasteiger charge is -2.32. The van der Waals surface area contributed by atoms with E-state index in [2.05, 4.69) is 17.1 Å². The Bertz CT molecular complexity index is 776. The molecule has 2 aliphatic carbocycles. The number of rotatable bonds is 6. The first kappa shape index (κ1) is 20.5. The summed E-state index contributed by atoms with van der Waals surface area (Å²) in [6.45, 7) is 3.69. The molecule has 1 saturated heterocycles. The molecule has 1 aromatic carbocycles. The summed E-state index contributed by atoms with van der Waals surface area (Å²) in [5.74, 6) is 0.364. The van der Waals surface area contributed by atoms with Crippen LogP contribution < -0.4 is 5.32 Å². The van der Waals surface area contributed by atoms with Gasteiger partial charge in [-0.15, -0.1) is 0 Å². The van der Waals surface area contributed by atoms with E-state index >= 15 is 0 Å². The van der Waals surface area contributed by atoms with Crippen LogP contribution in [0.4, 0.5) is 8.78 Å². The molecule has 29 heavy (non-hydrogen) atoms. The van der Waals surface area contributed by atoms with Crippen LogP contribution in [0.5, 0.6) is 0 Å². The van der Waals surface area contributed by atoms with Crippen molar-refractivity contribution in [3.8, 4) is 0 Å². The van der Waals surface area contributed by atoms with Gasteiger partial charge in [0.05, 0.1) is 12.1 Å². The highest BCUT2D eigenvalue weighted by molar-refractivity contribution is 5.98. The van der Waals surface area contributed by atoms with Crippen molar-refractivity contribution in [2.75, 3.05) is 19.6 Å². The van der Waals surface area contributed by atoms with Gasteiger partial charge in [-0.25, -0.2) is 8.78 Å². The fourth-order valence-electron chi connectivity index (χ4n) is 5.78. The van der Waals surface area contributed by atoms with Crippen molar-refractivity contribution in [1.82, 2.24) is 10.2 Å². The van der Waals surface area contributed by atoms with Gasteiger partial charge in [0.25, 0.3) is 0 Å². The lowest BCUT2D eigenvalue weighted by molar-refractivity contribution is -0.123. The SMILES string of the molecule is CC(NC(=O)CN1CCC(C(=O)c2cc(F)ccc2F)CC1)C1CC2CCC1C2. The molecule has 2 saturated carbocycles. The quantitative estimate of drug-likeness (QED) is 0.734. The van der Waals surface area contributed by atoms with Gasteiger partial charge in [-0.1, -0.05) is 6.42 Å². The molecular weight excluding hydrogens is 374 g/mol. The van der Waals surface area contributed by atoms with Crippen LogP contribution in [-0.4, -0.2) is 42.3 Å². The summed E-state index contributed by atoms with van der Waals surface area (Å²) < 4.78 is 27.3. The molecule has 0 aromatic heterocycles. The van der Waals surface area contributed by atoms with Crippen molar-refractivity contribution in [2.24, 2.45) is 23.7 Å². The number of likely N-dealkylation sites (tertiary alicyclic amines) is 1. The summed E-state index contributed by atoms with van der Waals surface area (Å²) in [6.07, 6.45) is 6.36. The van der Waals surface area contributed by atoms with Gasteiger partial charge in [0, 0.05) is 12.0 Å². The van der Waals surface area contributed by atoms with Crippen LogP contribution in [0.1, 0.15) is 55.8 Å². The zero-order valence-corrected chi connectivity index (χ0v) is 17.0. The molecule has 0 spiro atoms. The van der Waals surface area contributed by atoms with Crippen LogP contribution in [0.3, 0.4) is 0 Å². The second-order valence-electron chi connectivity index (χ2n) is 9.23. The van der Waals surface area contributed by atoms with Crippen molar-refractivity contribution in [2.45, 2.75) is 51.5 Å². The second-order valence-corrected chi connectivity index (χ2v) is 9.23. The van der Waals surface area contributed by atoms with Crippen molar-refractivity contribution < 1.29 is 18.4 Å². The molecule has 0 radical (unpaired) electrons. The predicted octanol–water partition coefficient (Wildman–Crippen LogP) is 3.80. The molecule has 1 heterocycles. The fraction of sp³-hybridized carbons (Fsp3) is 0.652. The minimum Gasteiger partial charge on any atom is -0.352 e. The number of halogens is 2. The van der Waals surface area contributed by atoms with Crippen LogP contribution in [0.2, 0.25) is 0 Å².